The third kappa shape index (κ3) is 4.20. The minimum Gasteiger partial charge on any atom is -0.364 e. The number of aromatic nitrogens is 2. The number of morpholine rings is 1. The van der Waals surface area contributed by atoms with Crippen molar-refractivity contribution in [3.63, 3.8) is 0 Å². The van der Waals surface area contributed by atoms with Crippen LogP contribution in [0, 0.1) is 11.3 Å². The number of rotatable bonds is 4. The summed E-state index contributed by atoms with van der Waals surface area (Å²) in [7, 11) is 0. The van der Waals surface area contributed by atoms with Gasteiger partial charge in [-0.1, -0.05) is 0 Å². The van der Waals surface area contributed by atoms with Gasteiger partial charge in [-0.3, -0.25) is 9.78 Å². The number of anilines is 1. The van der Waals surface area contributed by atoms with Crippen molar-refractivity contribution in [3.8, 4) is 6.07 Å². The Balaban J connectivity index is 1.51. The molecule has 2 aliphatic heterocycles. The van der Waals surface area contributed by atoms with E-state index in [1.807, 2.05) is 17.9 Å². The first kappa shape index (κ1) is 20.4. The maximum absolute atomic E-state index is 14.8. The zero-order valence-corrected chi connectivity index (χ0v) is 16.9. The van der Waals surface area contributed by atoms with Crippen molar-refractivity contribution in [2.75, 3.05) is 37.6 Å². The summed E-state index contributed by atoms with van der Waals surface area (Å²) in [5.41, 5.74) is 0.216. The van der Waals surface area contributed by atoms with E-state index in [0.29, 0.717) is 44.5 Å². The first-order valence-corrected chi connectivity index (χ1v) is 10.2. The monoisotopic (exact) mass is 412 g/mol. The van der Waals surface area contributed by atoms with Crippen LogP contribution in [0.15, 0.2) is 24.5 Å². The van der Waals surface area contributed by atoms with E-state index in [9.17, 15) is 14.4 Å². The van der Waals surface area contributed by atoms with Crippen molar-refractivity contribution in [2.45, 2.75) is 37.6 Å². The molecule has 0 saturated carbocycles. The number of carbonyl (C=O) groups is 1. The zero-order chi connectivity index (χ0) is 21.1. The van der Waals surface area contributed by atoms with E-state index in [0.717, 1.165) is 11.1 Å². The average Bonchev–Trinajstić information content (AvgIpc) is 2.77. The molecule has 0 aromatic carbocycles. The van der Waals surface area contributed by atoms with Crippen molar-refractivity contribution in [2.24, 2.45) is 0 Å². The normalized spacial score (nSPS) is 23.7. The molecule has 2 aromatic heterocycles. The Morgan fingerprint density at radius 1 is 1.43 bits per heavy atom. The lowest BCUT2D eigenvalue weighted by Crippen LogP contribution is -2.55. The summed E-state index contributed by atoms with van der Waals surface area (Å²) in [6, 6.07) is 5.76. The average molecular weight is 412 g/mol. The van der Waals surface area contributed by atoms with E-state index in [-0.39, 0.29) is 24.2 Å². The largest absolute Gasteiger partial charge is 0.364 e. The zero-order valence-electron chi connectivity index (χ0n) is 16.9. The molecule has 4 rings (SSSR count). The van der Waals surface area contributed by atoms with Crippen molar-refractivity contribution < 1.29 is 13.9 Å². The highest BCUT2D eigenvalue weighted by atomic mass is 19.1. The molecule has 9 heteroatoms. The number of ether oxygens (including phenoxy) is 1. The van der Waals surface area contributed by atoms with E-state index in [1.54, 1.807) is 18.5 Å². The van der Waals surface area contributed by atoms with Crippen LogP contribution in [-0.4, -0.2) is 66.5 Å². The van der Waals surface area contributed by atoms with E-state index in [4.69, 9.17) is 4.74 Å². The first-order chi connectivity index (χ1) is 14.5. The number of nitrogens with zero attached hydrogens (tertiary/aromatic N) is 4. The van der Waals surface area contributed by atoms with Crippen molar-refractivity contribution >= 4 is 22.5 Å². The highest BCUT2D eigenvalue weighted by molar-refractivity contribution is 5.94. The molecule has 0 aliphatic carbocycles. The third-order valence-corrected chi connectivity index (χ3v) is 5.70. The van der Waals surface area contributed by atoms with E-state index in [1.165, 1.54) is 0 Å². The van der Waals surface area contributed by atoms with Crippen LogP contribution >= 0.6 is 0 Å². The summed E-state index contributed by atoms with van der Waals surface area (Å²) in [6.45, 7) is 4.00. The highest BCUT2D eigenvalue weighted by Gasteiger charge is 2.35. The van der Waals surface area contributed by atoms with Crippen LogP contribution in [0.25, 0.3) is 10.9 Å². The van der Waals surface area contributed by atoms with Gasteiger partial charge in [0.1, 0.15) is 17.3 Å². The Labute approximate surface area is 174 Å². The third-order valence-electron chi connectivity index (χ3n) is 5.70. The van der Waals surface area contributed by atoms with Gasteiger partial charge in [0.25, 0.3) is 5.91 Å². The highest BCUT2D eigenvalue weighted by Crippen LogP contribution is 2.29. The van der Waals surface area contributed by atoms with Gasteiger partial charge in [-0.15, -0.1) is 0 Å². The van der Waals surface area contributed by atoms with Crippen molar-refractivity contribution in [1.82, 2.24) is 20.6 Å². The van der Waals surface area contributed by atoms with Gasteiger partial charge in [-0.2, -0.15) is 5.26 Å². The minimum atomic E-state index is -1.38. The number of nitriles is 1. The number of pyridine rings is 2. The van der Waals surface area contributed by atoms with Gasteiger partial charge in [0.05, 0.1) is 31.1 Å². The Morgan fingerprint density at radius 3 is 3.00 bits per heavy atom. The number of alkyl halides is 1. The second kappa shape index (κ2) is 8.50. The fourth-order valence-corrected chi connectivity index (χ4v) is 4.09. The van der Waals surface area contributed by atoms with Crippen LogP contribution < -0.4 is 15.5 Å². The Bertz CT molecular complexity index is 972. The summed E-state index contributed by atoms with van der Waals surface area (Å²) < 4.78 is 20.7. The molecule has 0 unspecified atom stereocenters. The Kier molecular flexibility index (Phi) is 5.79. The van der Waals surface area contributed by atoms with E-state index < -0.39 is 11.8 Å². The van der Waals surface area contributed by atoms with Gasteiger partial charge >= 0.3 is 0 Å². The predicted octanol–water partition coefficient (Wildman–Crippen LogP) is 1.30. The SMILES string of the molecule is C[C@@H]1CN(c2cnc(C#N)c3ncccc23)C[C@H](C(=O)NCC2(F)CCNCC2)O1. The lowest BCUT2D eigenvalue weighted by Gasteiger charge is -2.38. The number of fused-ring (bicyclic) bond motifs is 1. The summed E-state index contributed by atoms with van der Waals surface area (Å²) in [6.07, 6.45) is 3.12. The fraction of sp³-hybridized carbons (Fsp3) is 0.524. The molecule has 4 heterocycles. The summed E-state index contributed by atoms with van der Waals surface area (Å²) in [4.78, 5) is 23.3. The molecule has 2 N–H and O–H groups in total. The van der Waals surface area contributed by atoms with Gasteiger partial charge in [0.15, 0.2) is 11.8 Å². The molecule has 2 fully saturated rings. The molecular formula is C21H25FN6O2. The van der Waals surface area contributed by atoms with Gasteiger partial charge in [0, 0.05) is 18.1 Å². The molecular weight excluding hydrogens is 387 g/mol. The molecule has 2 aliphatic rings. The number of hydrogen-bond acceptors (Lipinski definition) is 7. The van der Waals surface area contributed by atoms with Crippen LogP contribution in [0.4, 0.5) is 10.1 Å². The molecule has 2 aromatic rings. The van der Waals surface area contributed by atoms with Gasteiger partial charge in [-0.05, 0) is 45.0 Å². The van der Waals surface area contributed by atoms with E-state index in [2.05, 4.69) is 26.7 Å². The predicted molar refractivity (Wildman–Crippen MR) is 110 cm³/mol. The number of halogens is 1. The van der Waals surface area contributed by atoms with Gasteiger partial charge < -0.3 is 20.3 Å². The Morgan fingerprint density at radius 2 is 2.23 bits per heavy atom. The minimum absolute atomic E-state index is 0.00692. The molecule has 0 radical (unpaired) electrons. The number of piperidine rings is 1. The molecule has 0 spiro atoms. The van der Waals surface area contributed by atoms with E-state index >= 15 is 0 Å². The summed E-state index contributed by atoms with van der Waals surface area (Å²) >= 11 is 0. The topological polar surface area (TPSA) is 103 Å². The van der Waals surface area contributed by atoms with Crippen LogP contribution in [-0.2, 0) is 9.53 Å². The lowest BCUT2D eigenvalue weighted by atomic mass is 9.94. The van der Waals surface area contributed by atoms with Crippen LogP contribution in [0.5, 0.6) is 0 Å². The van der Waals surface area contributed by atoms with Gasteiger partial charge in [-0.25, -0.2) is 9.37 Å². The van der Waals surface area contributed by atoms with Crippen molar-refractivity contribution in [3.05, 3.63) is 30.2 Å². The second-order valence-electron chi connectivity index (χ2n) is 7.96. The van der Waals surface area contributed by atoms with Gasteiger partial charge in [0.2, 0.25) is 0 Å². The molecule has 8 nitrogen and oxygen atoms in total. The summed E-state index contributed by atoms with van der Waals surface area (Å²) in [5, 5.41) is 16.0. The number of hydrogen-bond donors (Lipinski definition) is 2. The molecule has 2 atom stereocenters. The molecule has 158 valence electrons. The smallest absolute Gasteiger partial charge is 0.251 e. The molecule has 0 bridgehead atoms. The Hall–Kier alpha value is -2.83. The summed E-state index contributed by atoms with van der Waals surface area (Å²) in [5.74, 6) is -0.314. The van der Waals surface area contributed by atoms with Crippen molar-refractivity contribution in [1.29, 1.82) is 5.26 Å². The number of carbonyl (C=O) groups excluding carboxylic acids is 1. The number of amides is 1. The lowest BCUT2D eigenvalue weighted by molar-refractivity contribution is -0.138. The molecule has 1 amide bonds. The maximum Gasteiger partial charge on any atom is 0.251 e. The fourth-order valence-electron chi connectivity index (χ4n) is 4.09. The number of nitrogens with one attached hydrogen (secondary N) is 2. The standard InChI is InChI=1S/C21H25FN6O2/c1-14-11-28(17-10-26-16(9-23)19-15(17)3-2-6-25-19)12-18(30-14)20(29)27-13-21(22)4-7-24-8-5-21/h2-3,6,10,14,18,24H,4-5,7-8,11-13H2,1H3,(H,27,29)/t14-,18-/m1/s1. The first-order valence-electron chi connectivity index (χ1n) is 10.2. The second-order valence-corrected chi connectivity index (χ2v) is 7.96. The maximum atomic E-state index is 14.8. The van der Waals surface area contributed by atoms with Crippen LogP contribution in [0.2, 0.25) is 0 Å². The van der Waals surface area contributed by atoms with Crippen LogP contribution in [0.3, 0.4) is 0 Å². The van der Waals surface area contributed by atoms with Crippen LogP contribution in [0.1, 0.15) is 25.5 Å². The quantitative estimate of drug-likeness (QED) is 0.780. The molecule has 30 heavy (non-hydrogen) atoms. The molecule has 2 saturated heterocycles.